The van der Waals surface area contributed by atoms with Crippen LogP contribution in [0.15, 0.2) is 0 Å². The van der Waals surface area contributed by atoms with Crippen LogP contribution >= 0.6 is 0 Å². The normalized spacial score (nSPS) is 24.0. The highest BCUT2D eigenvalue weighted by Crippen LogP contribution is 2.36. The molecule has 9 nitrogen and oxygen atoms in total. The lowest BCUT2D eigenvalue weighted by Gasteiger charge is -2.33. The van der Waals surface area contributed by atoms with Gasteiger partial charge in [0, 0.05) is 19.1 Å². The molecule has 0 bridgehead atoms. The van der Waals surface area contributed by atoms with Gasteiger partial charge in [-0.05, 0) is 52.6 Å². The number of imide groups is 1. The molecule has 0 radical (unpaired) electrons. The largest absolute Gasteiger partial charge is 0.466 e. The predicted octanol–water partition coefficient (Wildman–Crippen LogP) is 1.51. The van der Waals surface area contributed by atoms with Crippen LogP contribution in [0.2, 0.25) is 0 Å². The number of likely N-dealkylation sites (tertiary alicyclic amines) is 1. The molecular formula is C22H36N4O5. The number of carbonyl (C=O) groups excluding carboxylic acids is 4. The van der Waals surface area contributed by atoms with Gasteiger partial charge < -0.3 is 15.0 Å². The molecule has 2 heterocycles. The van der Waals surface area contributed by atoms with Crippen molar-refractivity contribution in [3.63, 3.8) is 0 Å². The molecule has 1 N–H and O–H groups in total. The highest BCUT2D eigenvalue weighted by Gasteiger charge is 2.54. The zero-order valence-corrected chi connectivity index (χ0v) is 19.0. The highest BCUT2D eigenvalue weighted by atomic mass is 16.5. The molecule has 31 heavy (non-hydrogen) atoms. The van der Waals surface area contributed by atoms with E-state index in [4.69, 9.17) is 4.74 Å². The summed E-state index contributed by atoms with van der Waals surface area (Å²) in [5, 5.41) is 2.84. The van der Waals surface area contributed by atoms with Crippen molar-refractivity contribution in [2.24, 2.45) is 0 Å². The molecule has 2 saturated heterocycles. The zero-order chi connectivity index (χ0) is 22.6. The molecule has 1 aliphatic carbocycles. The molecule has 4 amide bonds. The SMILES string of the molecule is CCOC(=O)CCN(CC1CCCN1CC)C(=O)C(C)N1C(=O)NC2(CCCC2)C1=O. The average molecular weight is 437 g/mol. The average Bonchev–Trinajstić information content (AvgIpc) is 3.45. The molecule has 1 spiro atoms. The number of hydrogen-bond donors (Lipinski definition) is 1. The molecule has 3 fully saturated rings. The van der Waals surface area contributed by atoms with Gasteiger partial charge >= 0.3 is 12.0 Å². The first-order valence-corrected chi connectivity index (χ1v) is 11.7. The van der Waals surface area contributed by atoms with E-state index < -0.39 is 17.6 Å². The Labute approximate surface area is 184 Å². The number of likely N-dealkylation sites (N-methyl/N-ethyl adjacent to an activating group) is 1. The van der Waals surface area contributed by atoms with Crippen molar-refractivity contribution in [1.82, 2.24) is 20.0 Å². The van der Waals surface area contributed by atoms with Crippen LogP contribution in [-0.4, -0.2) is 88.9 Å². The minimum atomic E-state index is -0.911. The van der Waals surface area contributed by atoms with Crippen molar-refractivity contribution in [2.45, 2.75) is 83.3 Å². The zero-order valence-electron chi connectivity index (χ0n) is 19.0. The smallest absolute Gasteiger partial charge is 0.325 e. The van der Waals surface area contributed by atoms with Crippen LogP contribution in [0.1, 0.15) is 65.7 Å². The van der Waals surface area contributed by atoms with Crippen LogP contribution in [0.5, 0.6) is 0 Å². The van der Waals surface area contributed by atoms with Gasteiger partial charge in [-0.1, -0.05) is 19.8 Å². The standard InChI is InChI=1S/C22H36N4O5/c1-4-24-13-8-9-17(24)15-25(14-10-18(27)31-5-2)19(28)16(3)26-20(29)22(23-21(26)30)11-6-7-12-22/h16-17H,4-15H2,1-3H3,(H,23,30). The van der Waals surface area contributed by atoms with Crippen LogP contribution in [0.3, 0.4) is 0 Å². The van der Waals surface area contributed by atoms with Crippen LogP contribution < -0.4 is 5.32 Å². The van der Waals surface area contributed by atoms with Crippen LogP contribution in [0.25, 0.3) is 0 Å². The summed E-state index contributed by atoms with van der Waals surface area (Å²) in [5.74, 6) is -0.949. The minimum Gasteiger partial charge on any atom is -0.466 e. The molecule has 174 valence electrons. The molecule has 0 aromatic heterocycles. The van der Waals surface area contributed by atoms with E-state index in [0.29, 0.717) is 26.0 Å². The van der Waals surface area contributed by atoms with E-state index in [2.05, 4.69) is 17.1 Å². The number of urea groups is 1. The van der Waals surface area contributed by atoms with Crippen LogP contribution in [-0.2, 0) is 19.1 Å². The lowest BCUT2D eigenvalue weighted by molar-refractivity contribution is -0.146. The second kappa shape index (κ2) is 9.97. The molecule has 2 atom stereocenters. The van der Waals surface area contributed by atoms with E-state index in [1.807, 2.05) is 0 Å². The molecule has 3 rings (SSSR count). The highest BCUT2D eigenvalue weighted by molar-refractivity contribution is 6.10. The van der Waals surface area contributed by atoms with Gasteiger partial charge in [-0.3, -0.25) is 19.3 Å². The topological polar surface area (TPSA) is 99.3 Å². The number of rotatable bonds is 9. The second-order valence-corrected chi connectivity index (χ2v) is 8.83. The number of esters is 1. The summed E-state index contributed by atoms with van der Waals surface area (Å²) in [6.07, 6.45) is 5.17. The van der Waals surface area contributed by atoms with Gasteiger partial charge in [0.25, 0.3) is 5.91 Å². The van der Waals surface area contributed by atoms with Gasteiger partial charge in [-0.2, -0.15) is 0 Å². The van der Waals surface area contributed by atoms with Gasteiger partial charge in [0.2, 0.25) is 5.91 Å². The molecule has 1 saturated carbocycles. The van der Waals surface area contributed by atoms with E-state index in [-0.39, 0.29) is 36.8 Å². The summed E-state index contributed by atoms with van der Waals surface area (Å²) in [4.78, 5) is 56.2. The summed E-state index contributed by atoms with van der Waals surface area (Å²) in [7, 11) is 0. The maximum atomic E-state index is 13.5. The Morgan fingerprint density at radius 1 is 1.23 bits per heavy atom. The molecule has 0 aromatic carbocycles. The van der Waals surface area contributed by atoms with E-state index in [1.54, 1.807) is 18.7 Å². The Morgan fingerprint density at radius 2 is 1.94 bits per heavy atom. The van der Waals surface area contributed by atoms with Crippen LogP contribution in [0.4, 0.5) is 4.79 Å². The molecule has 2 unspecified atom stereocenters. The lowest BCUT2D eigenvalue weighted by Crippen LogP contribution is -2.53. The Balaban J connectivity index is 1.73. The Morgan fingerprint density at radius 3 is 2.58 bits per heavy atom. The van der Waals surface area contributed by atoms with Crippen molar-refractivity contribution in [3.05, 3.63) is 0 Å². The third-order valence-corrected chi connectivity index (χ3v) is 6.93. The van der Waals surface area contributed by atoms with Gasteiger partial charge in [-0.25, -0.2) is 9.69 Å². The Bertz CT molecular complexity index is 706. The summed E-state index contributed by atoms with van der Waals surface area (Å²) in [6.45, 7) is 8.33. The van der Waals surface area contributed by atoms with Gasteiger partial charge in [0.1, 0.15) is 11.6 Å². The Hall–Kier alpha value is -2.16. The fourth-order valence-corrected chi connectivity index (χ4v) is 5.21. The van der Waals surface area contributed by atoms with E-state index >= 15 is 0 Å². The minimum absolute atomic E-state index is 0.0925. The first-order valence-electron chi connectivity index (χ1n) is 11.7. The number of hydrogen-bond acceptors (Lipinski definition) is 6. The van der Waals surface area contributed by atoms with Crippen molar-refractivity contribution in [1.29, 1.82) is 0 Å². The number of ether oxygens (including phenoxy) is 1. The quantitative estimate of drug-likeness (QED) is 0.434. The van der Waals surface area contributed by atoms with E-state index in [9.17, 15) is 19.2 Å². The molecule has 3 aliphatic rings. The number of carbonyl (C=O) groups is 4. The molecular weight excluding hydrogens is 400 g/mol. The fraction of sp³-hybridized carbons (Fsp3) is 0.818. The predicted molar refractivity (Wildman–Crippen MR) is 114 cm³/mol. The van der Waals surface area contributed by atoms with Crippen molar-refractivity contribution >= 4 is 23.8 Å². The molecule has 9 heteroatoms. The summed E-state index contributed by atoms with van der Waals surface area (Å²) < 4.78 is 5.03. The first kappa shape index (κ1) is 23.5. The summed E-state index contributed by atoms with van der Waals surface area (Å²) in [5.41, 5.74) is -0.841. The maximum Gasteiger partial charge on any atom is 0.325 e. The van der Waals surface area contributed by atoms with Gasteiger partial charge in [-0.15, -0.1) is 0 Å². The number of amides is 4. The summed E-state index contributed by atoms with van der Waals surface area (Å²) >= 11 is 0. The Kier molecular flexibility index (Phi) is 7.56. The van der Waals surface area contributed by atoms with Crippen LogP contribution in [0, 0.1) is 0 Å². The maximum absolute atomic E-state index is 13.5. The monoisotopic (exact) mass is 436 g/mol. The summed E-state index contributed by atoms with van der Waals surface area (Å²) in [6, 6.07) is -1.19. The molecule has 2 aliphatic heterocycles. The fourth-order valence-electron chi connectivity index (χ4n) is 5.21. The van der Waals surface area contributed by atoms with Crippen molar-refractivity contribution < 1.29 is 23.9 Å². The molecule has 0 aromatic rings. The van der Waals surface area contributed by atoms with Crippen molar-refractivity contribution in [2.75, 3.05) is 32.8 Å². The first-order chi connectivity index (χ1) is 14.8. The van der Waals surface area contributed by atoms with Crippen molar-refractivity contribution in [3.8, 4) is 0 Å². The lowest BCUT2D eigenvalue weighted by atomic mass is 9.97. The van der Waals surface area contributed by atoms with E-state index in [1.165, 1.54) is 0 Å². The third-order valence-electron chi connectivity index (χ3n) is 6.93. The van der Waals surface area contributed by atoms with Gasteiger partial charge in [0.05, 0.1) is 13.0 Å². The van der Waals surface area contributed by atoms with Gasteiger partial charge in [0.15, 0.2) is 0 Å². The third kappa shape index (κ3) is 4.86. The number of nitrogens with one attached hydrogen (secondary N) is 1. The second-order valence-electron chi connectivity index (χ2n) is 8.83. The number of nitrogens with zero attached hydrogens (tertiary/aromatic N) is 3. The van der Waals surface area contributed by atoms with E-state index in [0.717, 1.165) is 43.7 Å².